The van der Waals surface area contributed by atoms with Crippen LogP contribution in [0.2, 0.25) is 0 Å². The van der Waals surface area contributed by atoms with Gasteiger partial charge in [-0.05, 0) is 37.7 Å². The molecular formula is C15H22N2. The van der Waals surface area contributed by atoms with E-state index in [0.29, 0.717) is 6.04 Å². The average Bonchev–Trinajstić information content (AvgIpc) is 3.00. The quantitative estimate of drug-likeness (QED) is 0.864. The van der Waals surface area contributed by atoms with Crippen LogP contribution in [0, 0.1) is 5.92 Å². The molecule has 1 aromatic rings. The fraction of sp³-hybridized carbons (Fsp3) is 0.600. The largest absolute Gasteiger partial charge is 0.323 e. The molecule has 1 saturated heterocycles. The minimum Gasteiger partial charge on any atom is -0.323 e. The van der Waals surface area contributed by atoms with Crippen LogP contribution in [0.1, 0.15) is 37.8 Å². The Morgan fingerprint density at radius 3 is 2.59 bits per heavy atom. The van der Waals surface area contributed by atoms with Gasteiger partial charge in [0.25, 0.3) is 0 Å². The first-order valence-corrected chi connectivity index (χ1v) is 6.82. The molecule has 0 aromatic heterocycles. The van der Waals surface area contributed by atoms with E-state index in [1.807, 2.05) is 0 Å². The Morgan fingerprint density at radius 1 is 1.24 bits per heavy atom. The van der Waals surface area contributed by atoms with Crippen molar-refractivity contribution in [2.24, 2.45) is 11.7 Å². The lowest BCUT2D eigenvalue weighted by Gasteiger charge is -2.36. The second kappa shape index (κ2) is 4.43. The predicted molar refractivity (Wildman–Crippen MR) is 70.7 cm³/mol. The molecule has 1 saturated carbocycles. The Bertz CT molecular complexity index is 376. The first-order chi connectivity index (χ1) is 8.25. The summed E-state index contributed by atoms with van der Waals surface area (Å²) in [5.74, 6) is 0.949. The number of nitrogens with zero attached hydrogens (tertiary/aromatic N) is 1. The third-order valence-electron chi connectivity index (χ3n) is 4.68. The molecule has 1 aromatic carbocycles. The molecule has 1 heterocycles. The third kappa shape index (κ3) is 2.00. The maximum absolute atomic E-state index is 6.41. The molecule has 1 aliphatic carbocycles. The third-order valence-corrected chi connectivity index (χ3v) is 4.68. The zero-order valence-electron chi connectivity index (χ0n) is 10.5. The Labute approximate surface area is 104 Å². The van der Waals surface area contributed by atoms with Crippen LogP contribution in [0.5, 0.6) is 0 Å². The molecule has 0 radical (unpaired) electrons. The molecule has 1 aliphatic heterocycles. The van der Waals surface area contributed by atoms with E-state index < -0.39 is 0 Å². The molecule has 0 spiro atoms. The zero-order valence-corrected chi connectivity index (χ0v) is 10.5. The van der Waals surface area contributed by atoms with E-state index in [4.69, 9.17) is 5.73 Å². The minimum atomic E-state index is 0.149. The van der Waals surface area contributed by atoms with E-state index >= 15 is 0 Å². The predicted octanol–water partition coefficient (Wildman–Crippen LogP) is 2.56. The van der Waals surface area contributed by atoms with Crippen LogP contribution in [-0.2, 0) is 0 Å². The lowest BCUT2D eigenvalue weighted by molar-refractivity contribution is 0.140. The highest BCUT2D eigenvalue weighted by molar-refractivity contribution is 5.20. The van der Waals surface area contributed by atoms with E-state index in [0.717, 1.165) is 12.0 Å². The van der Waals surface area contributed by atoms with Gasteiger partial charge in [0.15, 0.2) is 0 Å². The van der Waals surface area contributed by atoms with Gasteiger partial charge in [0, 0.05) is 24.7 Å². The van der Waals surface area contributed by atoms with Gasteiger partial charge in [-0.2, -0.15) is 0 Å². The van der Waals surface area contributed by atoms with Crippen molar-refractivity contribution in [3.8, 4) is 0 Å². The van der Waals surface area contributed by atoms with Gasteiger partial charge in [0.05, 0.1) is 0 Å². The maximum atomic E-state index is 6.41. The topological polar surface area (TPSA) is 29.3 Å². The first kappa shape index (κ1) is 11.2. The maximum Gasteiger partial charge on any atom is 0.0450 e. The SMILES string of the molecule is CC(C(N)c1ccccc1)N1CC2CCC1C2. The second-order valence-corrected chi connectivity index (χ2v) is 5.71. The smallest absolute Gasteiger partial charge is 0.0450 e. The van der Waals surface area contributed by atoms with Crippen molar-refractivity contribution in [2.45, 2.75) is 44.3 Å². The summed E-state index contributed by atoms with van der Waals surface area (Å²) in [4.78, 5) is 2.64. The van der Waals surface area contributed by atoms with Gasteiger partial charge >= 0.3 is 0 Å². The van der Waals surface area contributed by atoms with Crippen molar-refractivity contribution in [1.29, 1.82) is 0 Å². The van der Waals surface area contributed by atoms with Crippen molar-refractivity contribution in [1.82, 2.24) is 4.90 Å². The van der Waals surface area contributed by atoms with Crippen molar-refractivity contribution < 1.29 is 0 Å². The summed E-state index contributed by atoms with van der Waals surface area (Å²) in [6.45, 7) is 3.56. The first-order valence-electron chi connectivity index (χ1n) is 6.82. The molecule has 2 bridgehead atoms. The van der Waals surface area contributed by atoms with Crippen LogP contribution in [0.15, 0.2) is 30.3 Å². The molecular weight excluding hydrogens is 208 g/mol. The summed E-state index contributed by atoms with van der Waals surface area (Å²) in [5, 5.41) is 0. The van der Waals surface area contributed by atoms with E-state index in [-0.39, 0.29) is 6.04 Å². The number of fused-ring (bicyclic) bond motifs is 2. The summed E-state index contributed by atoms with van der Waals surface area (Å²) < 4.78 is 0. The Hall–Kier alpha value is -0.860. The molecule has 2 N–H and O–H groups in total. The molecule has 2 heteroatoms. The van der Waals surface area contributed by atoms with Gasteiger partial charge in [0.1, 0.15) is 0 Å². The molecule has 92 valence electrons. The molecule has 2 fully saturated rings. The number of hydrogen-bond acceptors (Lipinski definition) is 2. The zero-order chi connectivity index (χ0) is 11.8. The average molecular weight is 230 g/mol. The highest BCUT2D eigenvalue weighted by atomic mass is 15.2. The summed E-state index contributed by atoms with van der Waals surface area (Å²) in [7, 11) is 0. The van der Waals surface area contributed by atoms with E-state index in [9.17, 15) is 0 Å². The molecule has 17 heavy (non-hydrogen) atoms. The number of likely N-dealkylation sites (tertiary alicyclic amines) is 1. The number of nitrogens with two attached hydrogens (primary N) is 1. The Morgan fingerprint density at radius 2 is 2.00 bits per heavy atom. The fourth-order valence-electron chi connectivity index (χ4n) is 3.62. The standard InChI is InChI=1S/C15H22N2/c1-11(15(16)13-5-3-2-4-6-13)17-10-12-7-8-14(17)9-12/h2-6,11-12,14-15H,7-10,16H2,1H3. The lowest BCUT2D eigenvalue weighted by atomic mass is 9.98. The van der Waals surface area contributed by atoms with E-state index in [2.05, 4.69) is 42.2 Å². The molecule has 3 rings (SSSR count). The second-order valence-electron chi connectivity index (χ2n) is 5.71. The van der Waals surface area contributed by atoms with Gasteiger partial charge in [-0.25, -0.2) is 0 Å². The molecule has 2 nitrogen and oxygen atoms in total. The summed E-state index contributed by atoms with van der Waals surface area (Å²) in [5.41, 5.74) is 7.67. The van der Waals surface area contributed by atoms with Gasteiger partial charge in [-0.3, -0.25) is 4.90 Å². The minimum absolute atomic E-state index is 0.149. The van der Waals surface area contributed by atoms with E-state index in [1.54, 1.807) is 0 Å². The van der Waals surface area contributed by atoms with Crippen molar-refractivity contribution in [2.75, 3.05) is 6.54 Å². The highest BCUT2D eigenvalue weighted by Crippen LogP contribution is 2.40. The summed E-state index contributed by atoms with van der Waals surface area (Å²) in [6.07, 6.45) is 4.23. The molecule has 4 atom stereocenters. The molecule has 0 amide bonds. The van der Waals surface area contributed by atoms with Crippen LogP contribution in [0.3, 0.4) is 0 Å². The van der Waals surface area contributed by atoms with Gasteiger partial charge in [0.2, 0.25) is 0 Å². The molecule has 4 unspecified atom stereocenters. The van der Waals surface area contributed by atoms with Crippen LogP contribution in [0.25, 0.3) is 0 Å². The molecule has 2 aliphatic rings. The van der Waals surface area contributed by atoms with Gasteiger partial charge < -0.3 is 5.73 Å². The number of benzene rings is 1. The van der Waals surface area contributed by atoms with Gasteiger partial charge in [-0.15, -0.1) is 0 Å². The number of rotatable bonds is 3. The van der Waals surface area contributed by atoms with Crippen LogP contribution in [0.4, 0.5) is 0 Å². The van der Waals surface area contributed by atoms with Crippen molar-refractivity contribution >= 4 is 0 Å². The Kier molecular flexibility index (Phi) is 2.93. The normalized spacial score (nSPS) is 31.6. The van der Waals surface area contributed by atoms with Crippen molar-refractivity contribution in [3.63, 3.8) is 0 Å². The highest BCUT2D eigenvalue weighted by Gasteiger charge is 2.41. The van der Waals surface area contributed by atoms with Crippen molar-refractivity contribution in [3.05, 3.63) is 35.9 Å². The van der Waals surface area contributed by atoms with E-state index in [1.165, 1.54) is 31.4 Å². The number of hydrogen-bond donors (Lipinski definition) is 1. The summed E-state index contributed by atoms with van der Waals surface area (Å²) >= 11 is 0. The van der Waals surface area contributed by atoms with Crippen LogP contribution in [-0.4, -0.2) is 23.5 Å². The lowest BCUT2D eigenvalue weighted by Crippen LogP contribution is -2.45. The fourth-order valence-corrected chi connectivity index (χ4v) is 3.62. The number of piperidine rings is 1. The summed E-state index contributed by atoms with van der Waals surface area (Å²) in [6, 6.07) is 11.9. The monoisotopic (exact) mass is 230 g/mol. The Balaban J connectivity index is 1.72. The van der Waals surface area contributed by atoms with Crippen LogP contribution >= 0.6 is 0 Å². The van der Waals surface area contributed by atoms with Crippen LogP contribution < -0.4 is 5.73 Å². The van der Waals surface area contributed by atoms with Gasteiger partial charge in [-0.1, -0.05) is 30.3 Å².